The first-order valence-electron chi connectivity index (χ1n) is 8.01. The Hall–Kier alpha value is -3.20. The fourth-order valence-electron chi connectivity index (χ4n) is 2.43. The van der Waals surface area contributed by atoms with Crippen molar-refractivity contribution >= 4 is 34.7 Å². The van der Waals surface area contributed by atoms with E-state index in [4.69, 9.17) is 4.74 Å². The quantitative estimate of drug-likeness (QED) is 0.468. The van der Waals surface area contributed by atoms with Crippen molar-refractivity contribution in [2.75, 3.05) is 7.11 Å². The van der Waals surface area contributed by atoms with E-state index in [0.717, 1.165) is 11.3 Å². The van der Waals surface area contributed by atoms with Gasteiger partial charge in [-0.15, -0.1) is 5.10 Å². The second kappa shape index (κ2) is 8.45. The van der Waals surface area contributed by atoms with Gasteiger partial charge in [0.25, 0.3) is 5.69 Å². The van der Waals surface area contributed by atoms with Gasteiger partial charge < -0.3 is 10.1 Å². The van der Waals surface area contributed by atoms with Crippen molar-refractivity contribution in [3.8, 4) is 5.75 Å². The summed E-state index contributed by atoms with van der Waals surface area (Å²) in [6.07, 6.45) is 1.97. The van der Waals surface area contributed by atoms with Gasteiger partial charge in [0.15, 0.2) is 5.17 Å². The molecule has 8 nitrogen and oxygen atoms in total. The highest BCUT2D eigenvalue weighted by Crippen LogP contribution is 2.24. The molecule has 0 aromatic heterocycles. The minimum Gasteiger partial charge on any atom is -0.497 e. The van der Waals surface area contributed by atoms with Crippen LogP contribution in [0.2, 0.25) is 0 Å². The molecule has 2 aromatic rings. The topological polar surface area (TPSA) is 106 Å². The van der Waals surface area contributed by atoms with Crippen molar-refractivity contribution in [3.05, 3.63) is 69.8 Å². The number of thioether (sulfide) groups is 1. The van der Waals surface area contributed by atoms with Gasteiger partial charge in [-0.2, -0.15) is 5.10 Å². The Labute approximate surface area is 159 Å². The van der Waals surface area contributed by atoms with Crippen LogP contribution in [-0.2, 0) is 11.2 Å². The van der Waals surface area contributed by atoms with E-state index >= 15 is 0 Å². The number of nitrogens with one attached hydrogen (secondary N) is 1. The van der Waals surface area contributed by atoms with Crippen LogP contribution in [0.1, 0.15) is 11.1 Å². The molecule has 9 heteroatoms. The number of ether oxygens (including phenoxy) is 1. The van der Waals surface area contributed by atoms with E-state index < -0.39 is 4.92 Å². The number of nitro groups is 1. The molecule has 0 saturated carbocycles. The van der Waals surface area contributed by atoms with Gasteiger partial charge in [-0.1, -0.05) is 36.0 Å². The van der Waals surface area contributed by atoms with E-state index in [1.165, 1.54) is 30.1 Å². The first-order chi connectivity index (χ1) is 13.0. The van der Waals surface area contributed by atoms with Crippen molar-refractivity contribution in [2.24, 2.45) is 10.2 Å². The molecule has 1 N–H and O–H groups in total. The zero-order valence-corrected chi connectivity index (χ0v) is 15.2. The molecular weight excluding hydrogens is 368 g/mol. The molecule has 0 radical (unpaired) electrons. The molecule has 0 spiro atoms. The minimum atomic E-state index is -0.472. The van der Waals surface area contributed by atoms with E-state index in [-0.39, 0.29) is 16.8 Å². The highest BCUT2D eigenvalue weighted by Gasteiger charge is 2.30. The average Bonchev–Trinajstić information content (AvgIpc) is 3.02. The van der Waals surface area contributed by atoms with E-state index in [1.807, 2.05) is 24.3 Å². The Kier molecular flexibility index (Phi) is 5.82. The molecule has 0 aliphatic carbocycles. The zero-order valence-electron chi connectivity index (χ0n) is 14.4. The number of amides is 1. The molecule has 1 aliphatic heterocycles. The van der Waals surface area contributed by atoms with Crippen molar-refractivity contribution < 1.29 is 14.5 Å². The summed E-state index contributed by atoms with van der Waals surface area (Å²) in [5, 5.41) is 21.5. The number of rotatable bonds is 6. The van der Waals surface area contributed by atoms with Crippen LogP contribution in [0.15, 0.2) is 58.7 Å². The number of non-ortho nitro benzene ring substituents is 1. The van der Waals surface area contributed by atoms with Gasteiger partial charge >= 0.3 is 0 Å². The Morgan fingerprint density at radius 2 is 2.07 bits per heavy atom. The van der Waals surface area contributed by atoms with E-state index in [2.05, 4.69) is 15.5 Å². The molecule has 1 heterocycles. The van der Waals surface area contributed by atoms with Crippen LogP contribution in [0.25, 0.3) is 0 Å². The average molecular weight is 384 g/mol. The molecule has 1 saturated heterocycles. The first-order valence-corrected chi connectivity index (χ1v) is 8.89. The number of carbonyl (C=O) groups excluding carboxylic acids is 1. The molecule has 2 aromatic carbocycles. The summed E-state index contributed by atoms with van der Waals surface area (Å²) in [5.74, 6) is 0.639. The summed E-state index contributed by atoms with van der Waals surface area (Å²) in [5.41, 5.74) is 1.55. The lowest BCUT2D eigenvalue weighted by Crippen LogP contribution is -2.25. The number of carbonyl (C=O) groups is 1. The molecule has 1 amide bonds. The predicted molar refractivity (Wildman–Crippen MR) is 104 cm³/mol. The lowest BCUT2D eigenvalue weighted by Gasteiger charge is -2.06. The maximum absolute atomic E-state index is 12.1. The summed E-state index contributed by atoms with van der Waals surface area (Å²) >= 11 is 1.30. The number of hydrogen-bond donors (Lipinski definition) is 1. The Morgan fingerprint density at radius 1 is 1.30 bits per heavy atom. The number of nitro benzene ring substituents is 1. The minimum absolute atomic E-state index is 0.0188. The monoisotopic (exact) mass is 384 g/mol. The summed E-state index contributed by atoms with van der Waals surface area (Å²) in [6, 6.07) is 13.6. The number of benzene rings is 2. The lowest BCUT2D eigenvalue weighted by atomic mass is 10.1. The highest BCUT2D eigenvalue weighted by molar-refractivity contribution is 8.15. The summed E-state index contributed by atoms with van der Waals surface area (Å²) in [7, 11) is 1.60. The first kappa shape index (κ1) is 18.6. The van der Waals surface area contributed by atoms with Crippen LogP contribution in [-0.4, -0.2) is 34.6 Å². The standard InChI is InChI=1S/C18H16N4O4S/c1-26-15-7-5-12(6-8-15)10-16-17(23)20-18(27-16)21-19-11-13-3-2-4-14(9-13)22(24)25/h2-9,11,16H,10H2,1H3,(H,20,21,23)/b19-11+. The predicted octanol–water partition coefficient (Wildman–Crippen LogP) is 2.77. The SMILES string of the molecule is COc1ccc(CC2S/C(=N\N=C\c3cccc([N+](=O)[O-])c3)NC2=O)cc1. The number of methoxy groups -OCH3 is 1. The molecule has 1 aliphatic rings. The fourth-order valence-corrected chi connectivity index (χ4v) is 3.39. The van der Waals surface area contributed by atoms with Gasteiger partial charge in [0.1, 0.15) is 5.75 Å². The van der Waals surface area contributed by atoms with Crippen molar-refractivity contribution in [2.45, 2.75) is 11.7 Å². The second-order valence-corrected chi connectivity index (χ2v) is 6.84. The number of amidine groups is 1. The zero-order chi connectivity index (χ0) is 19.2. The second-order valence-electron chi connectivity index (χ2n) is 5.65. The van der Waals surface area contributed by atoms with Crippen LogP contribution >= 0.6 is 11.8 Å². The third-order valence-electron chi connectivity index (χ3n) is 3.79. The van der Waals surface area contributed by atoms with Gasteiger partial charge in [-0.05, 0) is 24.1 Å². The molecule has 138 valence electrons. The lowest BCUT2D eigenvalue weighted by molar-refractivity contribution is -0.384. The largest absolute Gasteiger partial charge is 0.497 e. The third-order valence-corrected chi connectivity index (χ3v) is 4.87. The van der Waals surface area contributed by atoms with Gasteiger partial charge in [-0.3, -0.25) is 14.9 Å². The van der Waals surface area contributed by atoms with Crippen LogP contribution in [0, 0.1) is 10.1 Å². The normalized spacial score (nSPS) is 18.0. The Morgan fingerprint density at radius 3 is 2.78 bits per heavy atom. The third kappa shape index (κ3) is 4.91. The number of nitrogens with zero attached hydrogens (tertiary/aromatic N) is 3. The highest BCUT2D eigenvalue weighted by atomic mass is 32.2. The molecule has 1 fully saturated rings. The van der Waals surface area contributed by atoms with Crippen molar-refractivity contribution in [1.82, 2.24) is 5.32 Å². The van der Waals surface area contributed by atoms with E-state index in [0.29, 0.717) is 17.2 Å². The molecule has 1 unspecified atom stereocenters. The van der Waals surface area contributed by atoms with Gasteiger partial charge in [0.2, 0.25) is 5.91 Å². The summed E-state index contributed by atoms with van der Waals surface area (Å²) in [4.78, 5) is 22.4. The van der Waals surface area contributed by atoms with Gasteiger partial charge in [0, 0.05) is 17.7 Å². The van der Waals surface area contributed by atoms with Crippen LogP contribution < -0.4 is 10.1 Å². The van der Waals surface area contributed by atoms with Crippen molar-refractivity contribution in [1.29, 1.82) is 0 Å². The maximum Gasteiger partial charge on any atom is 0.270 e. The summed E-state index contributed by atoms with van der Waals surface area (Å²) in [6.45, 7) is 0. The van der Waals surface area contributed by atoms with Crippen LogP contribution in [0.5, 0.6) is 5.75 Å². The van der Waals surface area contributed by atoms with Crippen LogP contribution in [0.4, 0.5) is 5.69 Å². The van der Waals surface area contributed by atoms with E-state index in [1.54, 1.807) is 19.2 Å². The molecule has 0 bridgehead atoms. The van der Waals surface area contributed by atoms with E-state index in [9.17, 15) is 14.9 Å². The van der Waals surface area contributed by atoms with Crippen molar-refractivity contribution in [3.63, 3.8) is 0 Å². The Balaban J connectivity index is 1.62. The van der Waals surface area contributed by atoms with Crippen LogP contribution in [0.3, 0.4) is 0 Å². The number of hydrogen-bond acceptors (Lipinski definition) is 7. The molecule has 3 rings (SSSR count). The molecule has 1 atom stereocenters. The van der Waals surface area contributed by atoms with Gasteiger partial charge in [0.05, 0.1) is 23.5 Å². The van der Waals surface area contributed by atoms with Gasteiger partial charge in [-0.25, -0.2) is 0 Å². The Bertz CT molecular complexity index is 912. The molecule has 27 heavy (non-hydrogen) atoms. The fraction of sp³-hybridized carbons (Fsp3) is 0.167. The molecular formula is C18H16N4O4S. The smallest absolute Gasteiger partial charge is 0.270 e. The maximum atomic E-state index is 12.1. The summed E-state index contributed by atoms with van der Waals surface area (Å²) < 4.78 is 5.12.